The van der Waals surface area contributed by atoms with Crippen molar-refractivity contribution in [1.82, 2.24) is 44.9 Å². The fourth-order valence-corrected chi connectivity index (χ4v) is 12.5. The van der Waals surface area contributed by atoms with Crippen LogP contribution in [0, 0.1) is 0 Å². The number of pyridine rings is 9. The van der Waals surface area contributed by atoms with E-state index >= 15 is 0 Å². The van der Waals surface area contributed by atoms with Crippen molar-refractivity contribution in [3.8, 4) is 101 Å². The molecule has 0 aliphatic heterocycles. The van der Waals surface area contributed by atoms with Gasteiger partial charge in [-0.15, -0.1) is 0 Å². The molecule has 0 aliphatic rings. The second-order valence-corrected chi connectivity index (χ2v) is 23.5. The van der Waals surface area contributed by atoms with Crippen molar-refractivity contribution in [1.29, 1.82) is 0 Å². The van der Waals surface area contributed by atoms with Crippen LogP contribution in [-0.4, -0.2) is 44.9 Å². The highest BCUT2D eigenvalue weighted by molar-refractivity contribution is 5.95. The van der Waals surface area contributed by atoms with Crippen LogP contribution in [0.25, 0.3) is 177 Å². The molecule has 0 radical (unpaired) electrons. The van der Waals surface area contributed by atoms with Gasteiger partial charge in [0, 0.05) is 96.5 Å². The first kappa shape index (κ1) is 55.2. The maximum atomic E-state index is 5.19. The highest BCUT2D eigenvalue weighted by Gasteiger charge is 2.15. The number of rotatable bonds is 9. The zero-order valence-electron chi connectivity index (χ0n) is 50.6. The molecule has 18 aromatic rings. The van der Waals surface area contributed by atoms with E-state index in [0.29, 0.717) is 0 Å². The molecule has 9 heterocycles. The summed E-state index contributed by atoms with van der Waals surface area (Å²) in [5, 5.41) is 7.71. The maximum absolute atomic E-state index is 5.19. The van der Waals surface area contributed by atoms with E-state index in [2.05, 4.69) is 221 Å². The van der Waals surface area contributed by atoms with Crippen LogP contribution in [0.5, 0.6) is 0 Å². The van der Waals surface area contributed by atoms with Crippen molar-refractivity contribution in [2.45, 2.75) is 0 Å². The second kappa shape index (κ2) is 23.8. The monoisotopic (exact) mass is 1200 g/mol. The molecule has 18 rings (SSSR count). The number of aromatic nitrogens is 9. The van der Waals surface area contributed by atoms with Crippen LogP contribution in [0.4, 0.5) is 0 Å². The van der Waals surface area contributed by atoms with Gasteiger partial charge in [-0.2, -0.15) is 0 Å². The van der Waals surface area contributed by atoms with Crippen LogP contribution in [0.1, 0.15) is 0 Å². The predicted molar refractivity (Wildman–Crippen MR) is 385 cm³/mol. The second-order valence-electron chi connectivity index (χ2n) is 23.5. The Bertz CT molecular complexity index is 5860. The van der Waals surface area contributed by atoms with Crippen LogP contribution in [0.3, 0.4) is 0 Å². The number of hydrogen-bond acceptors (Lipinski definition) is 9. The minimum absolute atomic E-state index is 0.849. The van der Waals surface area contributed by atoms with Crippen LogP contribution < -0.4 is 0 Å². The number of benzene rings is 9. The third-order valence-electron chi connectivity index (χ3n) is 17.4. The Hall–Kier alpha value is -12.9. The molecule has 0 fully saturated rings. The zero-order valence-corrected chi connectivity index (χ0v) is 50.6. The average molecular weight is 1200 g/mol. The number of hydrogen-bond donors (Lipinski definition) is 0. The maximum Gasteiger partial charge on any atom is 0.0893 e. The van der Waals surface area contributed by atoms with Crippen LogP contribution in [0.15, 0.2) is 322 Å². The molecule has 9 aromatic carbocycles. The van der Waals surface area contributed by atoms with Gasteiger partial charge in [-0.3, -0.25) is 24.9 Å². The standard InChI is InChI=1S/C47H29N5.C38H24N4/c1-3-9-41-33(7-1)21-39(28-49-41)37-23-36(24-38(25-37)40-22-34-8-2-4-10-42(34)50-29-40)32-14-12-30-16-18-43(51-46(30)26-32)35-15-13-31-17-19-45(52-47(31)27-35)44-11-5-6-20-48-44;1-2-9-33-30(6-1)21-32(24-40-33)28-8-5-7-27(20-28)29-13-11-25-15-17-34(41-37(25)22-29)31-14-12-26-16-18-36(42-38(26)23-31)35-10-3-4-19-39-35/h1-29H;1-24H. The summed E-state index contributed by atoms with van der Waals surface area (Å²) in [7, 11) is 0. The smallest absolute Gasteiger partial charge is 0.0893 e. The fourth-order valence-electron chi connectivity index (χ4n) is 12.5. The summed E-state index contributed by atoms with van der Waals surface area (Å²) in [5.41, 5.74) is 25.0. The van der Waals surface area contributed by atoms with E-state index in [1.807, 2.05) is 104 Å². The van der Waals surface area contributed by atoms with E-state index in [-0.39, 0.29) is 0 Å². The van der Waals surface area contributed by atoms with Gasteiger partial charge < -0.3 is 0 Å². The van der Waals surface area contributed by atoms with Crippen molar-refractivity contribution in [2.24, 2.45) is 0 Å². The van der Waals surface area contributed by atoms with E-state index in [4.69, 9.17) is 29.9 Å². The lowest BCUT2D eigenvalue weighted by Gasteiger charge is -2.13. The lowest BCUT2D eigenvalue weighted by Crippen LogP contribution is -1.91. The van der Waals surface area contributed by atoms with Crippen molar-refractivity contribution >= 4 is 76.3 Å². The van der Waals surface area contributed by atoms with Gasteiger partial charge in [0.15, 0.2) is 0 Å². The number of nitrogens with zero attached hydrogens (tertiary/aromatic N) is 9. The Morgan fingerprint density at radius 3 is 0.883 bits per heavy atom. The first-order valence-corrected chi connectivity index (χ1v) is 31.3. The first-order chi connectivity index (χ1) is 46.5. The van der Waals surface area contributed by atoms with Gasteiger partial charge in [-0.1, -0.05) is 158 Å². The topological polar surface area (TPSA) is 116 Å². The summed E-state index contributed by atoms with van der Waals surface area (Å²) < 4.78 is 0. The van der Waals surface area contributed by atoms with E-state index < -0.39 is 0 Å². The minimum Gasteiger partial charge on any atom is -0.256 e. The Morgan fingerprint density at radius 2 is 0.457 bits per heavy atom. The number of fused-ring (bicyclic) bond motifs is 7. The van der Waals surface area contributed by atoms with Crippen LogP contribution in [-0.2, 0) is 0 Å². The Balaban J connectivity index is 0.000000146. The average Bonchev–Trinajstić information content (AvgIpc) is 1.26. The number of para-hydroxylation sites is 3. The molecule has 0 N–H and O–H groups in total. The summed E-state index contributed by atoms with van der Waals surface area (Å²) in [6, 6.07) is 101. The zero-order chi connectivity index (χ0) is 62.3. The third-order valence-corrected chi connectivity index (χ3v) is 17.4. The van der Waals surface area contributed by atoms with Crippen molar-refractivity contribution in [2.75, 3.05) is 0 Å². The largest absolute Gasteiger partial charge is 0.256 e. The van der Waals surface area contributed by atoms with Gasteiger partial charge in [0.25, 0.3) is 0 Å². The van der Waals surface area contributed by atoms with Gasteiger partial charge in [-0.05, 0) is 172 Å². The molecule has 0 aliphatic carbocycles. The van der Waals surface area contributed by atoms with Gasteiger partial charge >= 0.3 is 0 Å². The minimum atomic E-state index is 0.849. The van der Waals surface area contributed by atoms with Crippen molar-refractivity contribution in [3.63, 3.8) is 0 Å². The summed E-state index contributed by atoms with van der Waals surface area (Å²) >= 11 is 0. The summed E-state index contributed by atoms with van der Waals surface area (Å²) in [6.45, 7) is 0. The highest BCUT2D eigenvalue weighted by Crippen LogP contribution is 2.37. The van der Waals surface area contributed by atoms with Crippen LogP contribution >= 0.6 is 0 Å². The molecule has 9 aromatic heterocycles. The summed E-state index contributed by atoms with van der Waals surface area (Å²) in [6.07, 6.45) is 9.48. The fraction of sp³-hybridized carbons (Fsp3) is 0. The van der Waals surface area contributed by atoms with Crippen molar-refractivity contribution < 1.29 is 0 Å². The lowest BCUT2D eigenvalue weighted by molar-refractivity contribution is 1.28. The molecule has 0 unspecified atom stereocenters. The molecule has 9 heteroatoms. The molecule has 0 atom stereocenters. The molecular weight excluding hydrogens is 1150 g/mol. The quantitative estimate of drug-likeness (QED) is 0.139. The SMILES string of the molecule is c1ccc(-c2ccc3ccc(-c4ccc5ccc(-c6cc(-c7cnc8ccccc8c7)cc(-c7cnc8ccccc8c7)c6)cc5n4)cc3n2)nc1.c1ccc(-c2ccc3ccc(-c4ccc5ccc(-c6cccc(-c7cnc8ccccc8c7)c6)cc5n4)cc3n2)nc1. The molecule has 0 spiro atoms. The van der Waals surface area contributed by atoms with Gasteiger partial charge in [0.05, 0.1) is 72.8 Å². The Kier molecular flexibility index (Phi) is 14.0. The van der Waals surface area contributed by atoms with E-state index in [1.165, 1.54) is 0 Å². The molecule has 0 amide bonds. The molecular formula is C85H53N9. The molecule has 9 nitrogen and oxygen atoms in total. The Morgan fingerprint density at radius 1 is 0.149 bits per heavy atom. The molecule has 0 saturated heterocycles. The van der Waals surface area contributed by atoms with Crippen LogP contribution in [0.2, 0.25) is 0 Å². The van der Waals surface area contributed by atoms with Gasteiger partial charge in [0.1, 0.15) is 0 Å². The van der Waals surface area contributed by atoms with E-state index in [9.17, 15) is 0 Å². The molecule has 438 valence electrons. The van der Waals surface area contributed by atoms with Gasteiger partial charge in [-0.25, -0.2) is 19.9 Å². The van der Waals surface area contributed by atoms with E-state index in [0.717, 1.165) is 177 Å². The summed E-state index contributed by atoms with van der Waals surface area (Å²) in [4.78, 5) is 43.3. The third kappa shape index (κ3) is 11.1. The predicted octanol–water partition coefficient (Wildman–Crippen LogP) is 21.0. The van der Waals surface area contributed by atoms with Crippen molar-refractivity contribution in [3.05, 3.63) is 322 Å². The normalized spacial score (nSPS) is 11.4. The van der Waals surface area contributed by atoms with E-state index in [1.54, 1.807) is 12.4 Å². The lowest BCUT2D eigenvalue weighted by atomic mass is 9.93. The molecule has 0 saturated carbocycles. The first-order valence-electron chi connectivity index (χ1n) is 31.3. The summed E-state index contributed by atoms with van der Waals surface area (Å²) in [5.74, 6) is 0. The Labute approximate surface area is 541 Å². The molecule has 94 heavy (non-hydrogen) atoms. The highest BCUT2D eigenvalue weighted by atomic mass is 14.8. The van der Waals surface area contributed by atoms with Gasteiger partial charge in [0.2, 0.25) is 0 Å². The molecule has 0 bridgehead atoms.